The Kier molecular flexibility index (Phi) is 7.90. The molecule has 0 aromatic heterocycles. The molecule has 6 nitrogen and oxygen atoms in total. The Morgan fingerprint density at radius 2 is 1.54 bits per heavy atom. The molecule has 0 atom stereocenters. The van der Waals surface area contributed by atoms with Gasteiger partial charge in [-0.25, -0.2) is 4.79 Å². The van der Waals surface area contributed by atoms with Crippen molar-refractivity contribution in [1.82, 2.24) is 14.7 Å². The molecule has 0 N–H and O–H groups in total. The number of halogens is 6. The highest BCUT2D eigenvalue weighted by Crippen LogP contribution is 2.41. The molecule has 37 heavy (non-hydrogen) atoms. The first-order valence-corrected chi connectivity index (χ1v) is 12.6. The number of hydrogen-bond donors (Lipinski definition) is 0. The Balaban J connectivity index is 1.34. The standard InChI is InChI=1S/C25H34F6N4O2/c1-18-3-4-19(20(15-18)34-9-6-23(7-10-34)5-8-32(2)17-23)16-33-11-13-35(14-12-33)22(36)37-21(24(26,27)28)25(29,30)31/h3-4,15,21H,5-14,16-17H2,1-2H3. The van der Waals surface area contributed by atoms with Gasteiger partial charge in [0.1, 0.15) is 0 Å². The second-order valence-corrected chi connectivity index (χ2v) is 10.7. The molecule has 0 bridgehead atoms. The van der Waals surface area contributed by atoms with Gasteiger partial charge in [-0.1, -0.05) is 12.1 Å². The van der Waals surface area contributed by atoms with Crippen LogP contribution in [0.2, 0.25) is 0 Å². The van der Waals surface area contributed by atoms with Crippen LogP contribution in [0.3, 0.4) is 0 Å². The summed E-state index contributed by atoms with van der Waals surface area (Å²) >= 11 is 0. The van der Waals surface area contributed by atoms with Crippen LogP contribution in [0.25, 0.3) is 0 Å². The zero-order valence-electron chi connectivity index (χ0n) is 21.2. The van der Waals surface area contributed by atoms with Crippen molar-refractivity contribution in [2.75, 3.05) is 64.3 Å². The number of likely N-dealkylation sites (tertiary alicyclic amines) is 1. The van der Waals surface area contributed by atoms with Crippen molar-refractivity contribution in [3.05, 3.63) is 29.3 Å². The fraction of sp³-hybridized carbons (Fsp3) is 0.720. The lowest BCUT2D eigenvalue weighted by molar-refractivity contribution is -0.308. The lowest BCUT2D eigenvalue weighted by Gasteiger charge is -2.41. The number of carbonyl (C=O) groups excluding carboxylic acids is 1. The minimum absolute atomic E-state index is 0.0117. The molecule has 3 aliphatic rings. The molecule has 208 valence electrons. The van der Waals surface area contributed by atoms with Gasteiger partial charge in [0.2, 0.25) is 0 Å². The molecule has 1 aromatic carbocycles. The van der Waals surface area contributed by atoms with E-state index in [1.807, 2.05) is 13.0 Å². The number of carbonyl (C=O) groups is 1. The van der Waals surface area contributed by atoms with Crippen molar-refractivity contribution < 1.29 is 35.9 Å². The molecule has 1 spiro atoms. The van der Waals surface area contributed by atoms with E-state index in [4.69, 9.17) is 0 Å². The maximum atomic E-state index is 12.7. The first kappa shape index (κ1) is 27.8. The summed E-state index contributed by atoms with van der Waals surface area (Å²) in [5.74, 6) is 0. The topological polar surface area (TPSA) is 39.3 Å². The van der Waals surface area contributed by atoms with Gasteiger partial charge in [-0.3, -0.25) is 4.90 Å². The van der Waals surface area contributed by atoms with E-state index in [-0.39, 0.29) is 13.1 Å². The van der Waals surface area contributed by atoms with Gasteiger partial charge < -0.3 is 19.4 Å². The number of nitrogens with zero attached hydrogens (tertiary/aromatic N) is 4. The highest BCUT2D eigenvalue weighted by Gasteiger charge is 2.60. The maximum absolute atomic E-state index is 12.7. The SMILES string of the molecule is Cc1ccc(CN2CCN(C(=O)OC(C(F)(F)F)C(F)(F)F)CC2)c(N2CCC3(CCN(C)C3)CC2)c1. The Morgan fingerprint density at radius 1 is 0.946 bits per heavy atom. The van der Waals surface area contributed by atoms with E-state index in [1.54, 1.807) is 0 Å². The summed E-state index contributed by atoms with van der Waals surface area (Å²) in [6, 6.07) is 6.30. The summed E-state index contributed by atoms with van der Waals surface area (Å²) in [7, 11) is 2.17. The summed E-state index contributed by atoms with van der Waals surface area (Å²) in [5, 5.41) is 0. The quantitative estimate of drug-likeness (QED) is 0.524. The third kappa shape index (κ3) is 6.63. The molecular formula is C25H34F6N4O2. The van der Waals surface area contributed by atoms with Crippen LogP contribution in [0.15, 0.2) is 18.2 Å². The van der Waals surface area contributed by atoms with Gasteiger partial charge in [-0.05, 0) is 62.4 Å². The van der Waals surface area contributed by atoms with Crippen LogP contribution < -0.4 is 4.90 Å². The van der Waals surface area contributed by atoms with E-state index in [1.165, 1.54) is 12.1 Å². The van der Waals surface area contributed by atoms with Crippen LogP contribution in [0.1, 0.15) is 30.4 Å². The van der Waals surface area contributed by atoms with Gasteiger partial charge in [0.05, 0.1) is 0 Å². The summed E-state index contributed by atoms with van der Waals surface area (Å²) in [5.41, 5.74) is 3.84. The molecule has 0 unspecified atom stereocenters. The van der Waals surface area contributed by atoms with Crippen LogP contribution in [-0.4, -0.2) is 98.7 Å². The average molecular weight is 537 g/mol. The van der Waals surface area contributed by atoms with Crippen molar-refractivity contribution in [2.24, 2.45) is 5.41 Å². The van der Waals surface area contributed by atoms with Crippen LogP contribution in [0.5, 0.6) is 0 Å². The molecule has 3 saturated heterocycles. The number of benzene rings is 1. The van der Waals surface area contributed by atoms with Crippen molar-refractivity contribution >= 4 is 11.8 Å². The highest BCUT2D eigenvalue weighted by molar-refractivity contribution is 5.68. The van der Waals surface area contributed by atoms with Crippen molar-refractivity contribution in [2.45, 2.75) is 51.2 Å². The number of piperazine rings is 1. The molecule has 12 heteroatoms. The number of hydrogen-bond acceptors (Lipinski definition) is 5. The maximum Gasteiger partial charge on any atom is 0.434 e. The number of ether oxygens (including phenoxy) is 1. The van der Waals surface area contributed by atoms with Crippen molar-refractivity contribution in [3.8, 4) is 0 Å². The van der Waals surface area contributed by atoms with E-state index in [2.05, 4.69) is 38.6 Å². The first-order valence-electron chi connectivity index (χ1n) is 12.6. The fourth-order valence-electron chi connectivity index (χ4n) is 5.71. The van der Waals surface area contributed by atoms with Crippen LogP contribution in [0, 0.1) is 12.3 Å². The zero-order chi connectivity index (χ0) is 27.0. The predicted molar refractivity (Wildman–Crippen MR) is 126 cm³/mol. The van der Waals surface area contributed by atoms with Gasteiger partial charge in [-0.15, -0.1) is 0 Å². The van der Waals surface area contributed by atoms with E-state index < -0.39 is 24.5 Å². The second kappa shape index (κ2) is 10.5. The highest BCUT2D eigenvalue weighted by atomic mass is 19.4. The number of rotatable bonds is 4. The fourth-order valence-corrected chi connectivity index (χ4v) is 5.71. The number of alkyl halides is 6. The summed E-state index contributed by atoms with van der Waals surface area (Å²) in [4.78, 5) is 19.8. The number of aryl methyl sites for hydroxylation is 1. The molecule has 1 aromatic rings. The average Bonchev–Trinajstić information content (AvgIpc) is 3.17. The molecule has 3 fully saturated rings. The minimum atomic E-state index is -5.72. The lowest BCUT2D eigenvalue weighted by Crippen LogP contribution is -2.52. The smallest absolute Gasteiger partial charge is 0.426 e. The molecule has 4 rings (SSSR count). The molecular weight excluding hydrogens is 502 g/mol. The summed E-state index contributed by atoms with van der Waals surface area (Å²) < 4.78 is 80.3. The Morgan fingerprint density at radius 3 is 2.08 bits per heavy atom. The van der Waals surface area contributed by atoms with Crippen LogP contribution in [0.4, 0.5) is 36.8 Å². The van der Waals surface area contributed by atoms with Crippen molar-refractivity contribution in [1.29, 1.82) is 0 Å². The third-order valence-electron chi connectivity index (χ3n) is 7.87. The van der Waals surface area contributed by atoms with Gasteiger partial charge in [0.15, 0.2) is 0 Å². The van der Waals surface area contributed by atoms with Gasteiger partial charge in [-0.2, -0.15) is 26.3 Å². The largest absolute Gasteiger partial charge is 0.434 e. The molecule has 1 amide bonds. The van der Waals surface area contributed by atoms with Gasteiger partial charge >= 0.3 is 18.4 Å². The predicted octanol–water partition coefficient (Wildman–Crippen LogP) is 4.66. The van der Waals surface area contributed by atoms with E-state index in [0.29, 0.717) is 25.0 Å². The van der Waals surface area contributed by atoms with E-state index in [0.717, 1.165) is 55.0 Å². The Labute approximate surface area is 213 Å². The Bertz CT molecular complexity index is 939. The number of amides is 1. The van der Waals surface area contributed by atoms with Crippen molar-refractivity contribution in [3.63, 3.8) is 0 Å². The van der Waals surface area contributed by atoms with E-state index >= 15 is 0 Å². The zero-order valence-corrected chi connectivity index (χ0v) is 21.2. The molecule has 3 aliphatic heterocycles. The molecule has 0 saturated carbocycles. The monoisotopic (exact) mass is 536 g/mol. The summed E-state index contributed by atoms with van der Waals surface area (Å²) in [6.07, 6.45) is -13.7. The third-order valence-corrected chi connectivity index (χ3v) is 7.87. The second-order valence-electron chi connectivity index (χ2n) is 10.7. The van der Waals surface area contributed by atoms with Gasteiger partial charge in [0, 0.05) is 58.0 Å². The first-order chi connectivity index (χ1) is 17.3. The molecule has 0 aliphatic carbocycles. The van der Waals surface area contributed by atoms with Gasteiger partial charge in [0.25, 0.3) is 6.10 Å². The summed E-state index contributed by atoms with van der Waals surface area (Å²) in [6.45, 7) is 7.47. The molecule has 0 radical (unpaired) electrons. The lowest BCUT2D eigenvalue weighted by atomic mass is 9.77. The Hall–Kier alpha value is -2.21. The minimum Gasteiger partial charge on any atom is -0.426 e. The van der Waals surface area contributed by atoms with Crippen LogP contribution >= 0.6 is 0 Å². The normalized spacial score (nSPS) is 21.8. The number of anilines is 1. The number of piperidine rings is 1. The van der Waals surface area contributed by atoms with Crippen LogP contribution in [-0.2, 0) is 11.3 Å². The molecule has 3 heterocycles. The van der Waals surface area contributed by atoms with E-state index in [9.17, 15) is 31.1 Å².